The average molecular weight is 387 g/mol. The van der Waals surface area contributed by atoms with Gasteiger partial charge in [0.05, 0.1) is 11.3 Å². The third-order valence-corrected chi connectivity index (χ3v) is 4.87. The molecule has 0 saturated carbocycles. The minimum atomic E-state index is -2.46. The molecule has 0 fully saturated rings. The van der Waals surface area contributed by atoms with E-state index in [9.17, 15) is 13.6 Å². The van der Waals surface area contributed by atoms with Crippen LogP contribution in [0.4, 0.5) is 20.2 Å². The lowest BCUT2D eigenvalue weighted by molar-refractivity contribution is 0.0971. The van der Waals surface area contributed by atoms with Crippen molar-refractivity contribution in [1.82, 2.24) is 4.98 Å². The van der Waals surface area contributed by atoms with Crippen LogP contribution in [-0.2, 0) is 5.75 Å². The number of furan rings is 1. The Kier molecular flexibility index (Phi) is 4.81. The van der Waals surface area contributed by atoms with E-state index in [-0.39, 0.29) is 11.7 Å². The molecular formula is C19H15F2N3O2S. The number of fused-ring (bicyclic) bond motifs is 1. The molecule has 0 saturated heterocycles. The lowest BCUT2D eigenvalue weighted by Crippen LogP contribution is -2.43. The van der Waals surface area contributed by atoms with E-state index >= 15 is 0 Å². The Hall–Kier alpha value is -2.87. The zero-order valence-electron chi connectivity index (χ0n) is 14.0. The van der Waals surface area contributed by atoms with Crippen LogP contribution in [0.3, 0.4) is 0 Å². The van der Waals surface area contributed by atoms with E-state index in [0.717, 1.165) is 0 Å². The van der Waals surface area contributed by atoms with Gasteiger partial charge in [-0.3, -0.25) is 14.7 Å². The van der Waals surface area contributed by atoms with E-state index in [0.29, 0.717) is 40.2 Å². The van der Waals surface area contributed by atoms with Crippen molar-refractivity contribution in [1.29, 1.82) is 0 Å². The van der Waals surface area contributed by atoms with Crippen molar-refractivity contribution in [2.45, 2.75) is 17.7 Å². The molecule has 1 N–H and O–H groups in total. The second kappa shape index (κ2) is 7.40. The van der Waals surface area contributed by atoms with Gasteiger partial charge in [-0.25, -0.2) is 0 Å². The fourth-order valence-electron chi connectivity index (χ4n) is 2.99. The number of nitrogens with one attached hydrogen (secondary N) is 1. The van der Waals surface area contributed by atoms with Crippen LogP contribution in [-0.4, -0.2) is 16.6 Å². The molecule has 1 atom stereocenters. The maximum atomic E-state index is 13.1. The molecule has 0 spiro atoms. The number of nitrogens with zero attached hydrogens (tertiary/aromatic N) is 2. The first-order valence-electron chi connectivity index (χ1n) is 8.21. The van der Waals surface area contributed by atoms with Gasteiger partial charge in [0, 0.05) is 23.8 Å². The first-order chi connectivity index (χ1) is 13.1. The van der Waals surface area contributed by atoms with Gasteiger partial charge in [-0.05, 0) is 36.4 Å². The van der Waals surface area contributed by atoms with Gasteiger partial charge in [0.15, 0.2) is 6.17 Å². The molecule has 0 aliphatic carbocycles. The van der Waals surface area contributed by atoms with Crippen LogP contribution < -0.4 is 10.2 Å². The number of benzene rings is 1. The van der Waals surface area contributed by atoms with Gasteiger partial charge < -0.3 is 9.73 Å². The third-order valence-electron chi connectivity index (χ3n) is 4.17. The molecule has 2 aromatic heterocycles. The number of hydrogen-bond acceptors (Lipinski definition) is 5. The maximum Gasteiger partial charge on any atom is 0.284 e. The molecular weight excluding hydrogens is 372 g/mol. The number of para-hydroxylation sites is 1. The predicted octanol–water partition coefficient (Wildman–Crippen LogP) is 4.90. The Morgan fingerprint density at radius 1 is 1.15 bits per heavy atom. The number of rotatable bonds is 5. The fraction of sp³-hybridized carbons (Fsp3) is 0.158. The van der Waals surface area contributed by atoms with Gasteiger partial charge in [0.25, 0.3) is 11.7 Å². The molecule has 4 rings (SSSR count). The summed E-state index contributed by atoms with van der Waals surface area (Å²) >= 11 is 0.494. The zero-order chi connectivity index (χ0) is 18.8. The van der Waals surface area contributed by atoms with Gasteiger partial charge in [-0.1, -0.05) is 23.9 Å². The topological polar surface area (TPSA) is 58.4 Å². The summed E-state index contributed by atoms with van der Waals surface area (Å²) in [4.78, 5) is 18.7. The van der Waals surface area contributed by atoms with Crippen LogP contribution >= 0.6 is 11.8 Å². The van der Waals surface area contributed by atoms with Crippen LogP contribution in [0.25, 0.3) is 0 Å². The number of hydrogen-bond donors (Lipinski definition) is 1. The summed E-state index contributed by atoms with van der Waals surface area (Å²) < 4.78 is 30.6. The standard InChI is InChI=1S/C19H15F2N3O2S/c20-19(21)27-11-13-5-6-16(26-13)17-23-15-4-2-1-3-14(15)18(25)24(17)12-7-9-22-10-8-12/h1-10,17,19,23H,11H2. The van der Waals surface area contributed by atoms with Crippen molar-refractivity contribution in [2.75, 3.05) is 10.2 Å². The van der Waals surface area contributed by atoms with Gasteiger partial charge in [-0.15, -0.1) is 0 Å². The van der Waals surface area contributed by atoms with Crippen LogP contribution in [0.5, 0.6) is 0 Å². The second-order valence-corrected chi connectivity index (χ2v) is 6.83. The fourth-order valence-corrected chi connectivity index (χ4v) is 3.43. The van der Waals surface area contributed by atoms with E-state index in [4.69, 9.17) is 4.42 Å². The number of carbonyl (C=O) groups excluding carboxylic acids is 1. The van der Waals surface area contributed by atoms with E-state index < -0.39 is 11.9 Å². The summed E-state index contributed by atoms with van der Waals surface area (Å²) in [5, 5.41) is 3.31. The van der Waals surface area contributed by atoms with Crippen molar-refractivity contribution < 1.29 is 18.0 Å². The zero-order valence-corrected chi connectivity index (χ0v) is 14.8. The number of amides is 1. The molecule has 3 aromatic rings. The Morgan fingerprint density at radius 3 is 2.70 bits per heavy atom. The minimum Gasteiger partial charge on any atom is -0.461 e. The Labute approximate surface area is 158 Å². The van der Waals surface area contributed by atoms with Crippen LogP contribution in [0.2, 0.25) is 0 Å². The predicted molar refractivity (Wildman–Crippen MR) is 99.9 cm³/mol. The molecule has 1 aliphatic heterocycles. The summed E-state index contributed by atoms with van der Waals surface area (Å²) in [6.07, 6.45) is 2.61. The van der Waals surface area contributed by atoms with E-state index in [1.807, 2.05) is 12.1 Å². The summed E-state index contributed by atoms with van der Waals surface area (Å²) in [6.45, 7) is 0. The van der Waals surface area contributed by atoms with Crippen LogP contribution in [0, 0.1) is 0 Å². The lowest BCUT2D eigenvalue weighted by Gasteiger charge is -2.36. The van der Waals surface area contributed by atoms with Gasteiger partial charge in [0.2, 0.25) is 0 Å². The highest BCUT2D eigenvalue weighted by Crippen LogP contribution is 2.37. The quantitative estimate of drug-likeness (QED) is 0.675. The lowest BCUT2D eigenvalue weighted by atomic mass is 10.1. The summed E-state index contributed by atoms with van der Waals surface area (Å²) in [5.41, 5.74) is 1.89. The third kappa shape index (κ3) is 3.52. The molecule has 1 amide bonds. The van der Waals surface area contributed by atoms with Gasteiger partial charge in [-0.2, -0.15) is 8.78 Å². The molecule has 3 heterocycles. The van der Waals surface area contributed by atoms with Gasteiger partial charge >= 0.3 is 0 Å². The minimum absolute atomic E-state index is 0.0597. The number of alkyl halides is 2. The molecule has 1 aliphatic rings. The normalized spacial score (nSPS) is 16.3. The summed E-state index contributed by atoms with van der Waals surface area (Å²) in [5.74, 6) is -1.68. The van der Waals surface area contributed by atoms with E-state index in [1.165, 1.54) is 0 Å². The van der Waals surface area contributed by atoms with Crippen LogP contribution in [0.1, 0.15) is 28.0 Å². The largest absolute Gasteiger partial charge is 0.461 e. The smallest absolute Gasteiger partial charge is 0.284 e. The van der Waals surface area contributed by atoms with Crippen molar-refractivity contribution in [3.05, 3.63) is 78.0 Å². The molecule has 1 aromatic carbocycles. The Morgan fingerprint density at radius 2 is 1.93 bits per heavy atom. The van der Waals surface area contributed by atoms with Crippen molar-refractivity contribution in [3.8, 4) is 0 Å². The number of aromatic nitrogens is 1. The molecule has 1 unspecified atom stereocenters. The Balaban J connectivity index is 1.72. The second-order valence-electron chi connectivity index (χ2n) is 5.85. The number of thioether (sulfide) groups is 1. The number of pyridine rings is 1. The van der Waals surface area contributed by atoms with Crippen molar-refractivity contribution in [3.63, 3.8) is 0 Å². The van der Waals surface area contributed by atoms with Crippen molar-refractivity contribution >= 4 is 29.0 Å². The first-order valence-corrected chi connectivity index (χ1v) is 9.26. The average Bonchev–Trinajstić information content (AvgIpc) is 3.16. The molecule has 0 bridgehead atoms. The summed E-state index contributed by atoms with van der Waals surface area (Å²) in [6, 6.07) is 14.0. The highest BCUT2D eigenvalue weighted by molar-refractivity contribution is 7.98. The highest BCUT2D eigenvalue weighted by atomic mass is 32.2. The molecule has 138 valence electrons. The molecule has 27 heavy (non-hydrogen) atoms. The number of carbonyl (C=O) groups is 1. The van der Waals surface area contributed by atoms with E-state index in [2.05, 4.69) is 10.3 Å². The SMILES string of the molecule is O=C1c2ccccc2NC(c2ccc(CSC(F)F)o2)N1c1ccncc1. The number of anilines is 2. The monoisotopic (exact) mass is 387 g/mol. The molecule has 0 radical (unpaired) electrons. The van der Waals surface area contributed by atoms with E-state index in [1.54, 1.807) is 53.7 Å². The number of halogens is 2. The Bertz CT molecular complexity index is 949. The maximum absolute atomic E-state index is 13.1. The summed E-state index contributed by atoms with van der Waals surface area (Å²) in [7, 11) is 0. The van der Waals surface area contributed by atoms with Gasteiger partial charge in [0.1, 0.15) is 11.5 Å². The first kappa shape index (κ1) is 17.5. The highest BCUT2D eigenvalue weighted by Gasteiger charge is 2.35. The molecule has 8 heteroatoms. The molecule has 5 nitrogen and oxygen atoms in total. The van der Waals surface area contributed by atoms with Crippen LogP contribution in [0.15, 0.2) is 65.3 Å². The van der Waals surface area contributed by atoms with Crippen molar-refractivity contribution in [2.24, 2.45) is 0 Å².